The molecule has 23 heavy (non-hydrogen) atoms. The van der Waals surface area contributed by atoms with Crippen LogP contribution in [-0.4, -0.2) is 0 Å². The maximum absolute atomic E-state index is 3.85. The summed E-state index contributed by atoms with van der Waals surface area (Å²) in [6, 6.07) is 0. The van der Waals surface area contributed by atoms with Crippen LogP contribution in [0, 0.1) is 23.7 Å². The third-order valence-electron chi connectivity index (χ3n) is 6.48. The summed E-state index contributed by atoms with van der Waals surface area (Å²) >= 11 is 0. The summed E-state index contributed by atoms with van der Waals surface area (Å²) in [6.07, 6.45) is 27.2. The summed E-state index contributed by atoms with van der Waals surface area (Å²) in [7, 11) is 0. The first-order chi connectivity index (χ1) is 11.3. The summed E-state index contributed by atoms with van der Waals surface area (Å²) in [5.74, 6) is 3.96. The van der Waals surface area contributed by atoms with E-state index in [1.54, 1.807) is 0 Å². The van der Waals surface area contributed by atoms with E-state index >= 15 is 0 Å². The summed E-state index contributed by atoms with van der Waals surface area (Å²) in [5, 5.41) is 0. The van der Waals surface area contributed by atoms with Crippen molar-refractivity contribution in [3.05, 3.63) is 24.8 Å². The van der Waals surface area contributed by atoms with E-state index in [4.69, 9.17) is 0 Å². The molecule has 2 aliphatic carbocycles. The van der Waals surface area contributed by atoms with Gasteiger partial charge in [0.05, 0.1) is 0 Å². The second kappa shape index (κ2) is 11.1. The molecule has 0 bridgehead atoms. The van der Waals surface area contributed by atoms with E-state index < -0.39 is 0 Å². The minimum atomic E-state index is 0.901. The van der Waals surface area contributed by atoms with Crippen LogP contribution in [0.3, 0.4) is 0 Å². The Hall–Kier alpha value is -0.520. The fourth-order valence-electron chi connectivity index (χ4n) is 4.86. The van der Waals surface area contributed by atoms with Crippen molar-refractivity contribution in [2.45, 2.75) is 96.8 Å². The van der Waals surface area contributed by atoms with Gasteiger partial charge in [-0.25, -0.2) is 0 Å². The van der Waals surface area contributed by atoms with E-state index in [-0.39, 0.29) is 0 Å². The predicted molar refractivity (Wildman–Crippen MR) is 104 cm³/mol. The minimum Gasteiger partial charge on any atom is -0.103 e. The van der Waals surface area contributed by atoms with Crippen molar-refractivity contribution in [3.8, 4) is 0 Å². The number of rotatable bonds is 9. The zero-order valence-electron chi connectivity index (χ0n) is 15.6. The van der Waals surface area contributed by atoms with Crippen molar-refractivity contribution < 1.29 is 0 Å². The van der Waals surface area contributed by atoms with E-state index in [2.05, 4.69) is 31.7 Å². The van der Waals surface area contributed by atoms with Crippen molar-refractivity contribution >= 4 is 0 Å². The maximum atomic E-state index is 3.85. The second-order valence-electron chi connectivity index (χ2n) is 8.33. The van der Waals surface area contributed by atoms with Crippen LogP contribution in [0.25, 0.3) is 0 Å². The van der Waals surface area contributed by atoms with Crippen LogP contribution in [0.4, 0.5) is 0 Å². The molecule has 0 heteroatoms. The molecular weight excluding hydrogens is 276 g/mol. The monoisotopic (exact) mass is 316 g/mol. The highest BCUT2D eigenvalue weighted by Gasteiger charge is 2.20. The van der Waals surface area contributed by atoms with Gasteiger partial charge in [-0.1, -0.05) is 63.7 Å². The van der Waals surface area contributed by atoms with Crippen molar-refractivity contribution in [1.82, 2.24) is 0 Å². The first kappa shape index (κ1) is 18.8. The third kappa shape index (κ3) is 7.27. The lowest BCUT2D eigenvalue weighted by Crippen LogP contribution is -2.14. The van der Waals surface area contributed by atoms with Gasteiger partial charge in [0, 0.05) is 0 Å². The van der Waals surface area contributed by atoms with E-state index in [9.17, 15) is 0 Å². The van der Waals surface area contributed by atoms with Crippen LogP contribution >= 0.6 is 0 Å². The van der Waals surface area contributed by atoms with Gasteiger partial charge in [-0.2, -0.15) is 0 Å². The molecule has 0 saturated heterocycles. The third-order valence-corrected chi connectivity index (χ3v) is 6.48. The van der Waals surface area contributed by atoms with Gasteiger partial charge in [0.1, 0.15) is 0 Å². The van der Waals surface area contributed by atoms with Crippen LogP contribution in [-0.2, 0) is 0 Å². The molecule has 2 saturated carbocycles. The molecule has 0 amide bonds. The van der Waals surface area contributed by atoms with Crippen molar-refractivity contribution in [2.24, 2.45) is 23.7 Å². The van der Waals surface area contributed by atoms with Crippen molar-refractivity contribution in [3.63, 3.8) is 0 Å². The molecule has 0 nitrogen and oxygen atoms in total. The van der Waals surface area contributed by atoms with Crippen molar-refractivity contribution in [2.75, 3.05) is 0 Å². The minimum absolute atomic E-state index is 0.901. The smallest absolute Gasteiger partial charge is 0.0233 e. The molecule has 0 aromatic carbocycles. The van der Waals surface area contributed by atoms with Gasteiger partial charge in [-0.15, -0.1) is 6.58 Å². The van der Waals surface area contributed by atoms with Crippen LogP contribution in [0.15, 0.2) is 24.8 Å². The van der Waals surface area contributed by atoms with Crippen LogP contribution in [0.5, 0.6) is 0 Å². The average molecular weight is 317 g/mol. The molecule has 0 aliphatic heterocycles. The summed E-state index contributed by atoms with van der Waals surface area (Å²) in [4.78, 5) is 0. The molecule has 0 atom stereocenters. The molecule has 0 N–H and O–H groups in total. The number of hydrogen-bond donors (Lipinski definition) is 0. The zero-order valence-corrected chi connectivity index (χ0v) is 15.6. The molecule has 0 heterocycles. The highest BCUT2D eigenvalue weighted by atomic mass is 14.3. The lowest BCUT2D eigenvalue weighted by molar-refractivity contribution is 0.255. The molecule has 2 fully saturated rings. The highest BCUT2D eigenvalue weighted by molar-refractivity contribution is 4.91. The zero-order chi connectivity index (χ0) is 16.3. The van der Waals surface area contributed by atoms with Crippen molar-refractivity contribution in [1.29, 1.82) is 0 Å². The number of allylic oxidation sites excluding steroid dienone is 3. The quantitative estimate of drug-likeness (QED) is 0.382. The lowest BCUT2D eigenvalue weighted by Gasteiger charge is -2.28. The standard InChI is InChI=1S/C23H40/c1-3-5-9-21-16-18-23(19-17-21)11-7-6-10-22-14-12-20(8-4-2)13-15-22/h3,6,10,20-23H,1,4-5,7-9,11-19H2,2H3/b10-6+/t20-,21-,22-,23-. The van der Waals surface area contributed by atoms with Gasteiger partial charge in [-0.3, -0.25) is 0 Å². The molecule has 2 aliphatic rings. The highest BCUT2D eigenvalue weighted by Crippen LogP contribution is 2.35. The first-order valence-electron chi connectivity index (χ1n) is 10.6. The summed E-state index contributed by atoms with van der Waals surface area (Å²) < 4.78 is 0. The van der Waals surface area contributed by atoms with Crippen LogP contribution in [0.2, 0.25) is 0 Å². The fourth-order valence-corrected chi connectivity index (χ4v) is 4.86. The van der Waals surface area contributed by atoms with E-state index in [1.807, 2.05) is 0 Å². The van der Waals surface area contributed by atoms with Crippen LogP contribution in [0.1, 0.15) is 96.8 Å². The molecule has 0 aromatic heterocycles. The molecule has 0 aromatic rings. The van der Waals surface area contributed by atoms with Gasteiger partial charge in [0.25, 0.3) is 0 Å². The Balaban J connectivity index is 1.53. The van der Waals surface area contributed by atoms with Gasteiger partial charge in [0.2, 0.25) is 0 Å². The maximum Gasteiger partial charge on any atom is -0.0233 e. The Morgan fingerprint density at radius 2 is 1.26 bits per heavy atom. The molecule has 0 unspecified atom stereocenters. The Bertz CT molecular complexity index is 324. The molecular formula is C23H40. The van der Waals surface area contributed by atoms with Crippen LogP contribution < -0.4 is 0 Å². The first-order valence-corrected chi connectivity index (χ1v) is 10.6. The Morgan fingerprint density at radius 1 is 0.739 bits per heavy atom. The average Bonchev–Trinajstić information content (AvgIpc) is 2.59. The van der Waals surface area contributed by atoms with Gasteiger partial charge in [0.15, 0.2) is 0 Å². The Morgan fingerprint density at radius 3 is 1.83 bits per heavy atom. The molecule has 0 radical (unpaired) electrons. The topological polar surface area (TPSA) is 0 Å². The number of hydrogen-bond acceptors (Lipinski definition) is 0. The van der Waals surface area contributed by atoms with E-state index in [0.717, 1.165) is 23.7 Å². The summed E-state index contributed by atoms with van der Waals surface area (Å²) in [5.41, 5.74) is 0. The lowest BCUT2D eigenvalue weighted by atomic mass is 9.78. The van der Waals surface area contributed by atoms with Gasteiger partial charge >= 0.3 is 0 Å². The summed E-state index contributed by atoms with van der Waals surface area (Å²) in [6.45, 7) is 6.19. The van der Waals surface area contributed by atoms with E-state index in [1.165, 1.54) is 89.9 Å². The molecule has 0 spiro atoms. The molecule has 132 valence electrons. The van der Waals surface area contributed by atoms with E-state index in [0.29, 0.717) is 0 Å². The normalized spacial score (nSPS) is 32.2. The predicted octanol–water partition coefficient (Wildman–Crippen LogP) is 7.70. The SMILES string of the molecule is C=CCC[C@H]1CC[C@H](CC/C=C/[C@H]2CC[C@H](CCC)CC2)CC1. The Labute approximate surface area is 145 Å². The molecule has 2 rings (SSSR count). The van der Waals surface area contributed by atoms with Gasteiger partial charge < -0.3 is 0 Å². The Kier molecular flexibility index (Phi) is 9.09. The fraction of sp³-hybridized carbons (Fsp3) is 0.826. The van der Waals surface area contributed by atoms with Gasteiger partial charge in [-0.05, 0) is 75.0 Å². The second-order valence-corrected chi connectivity index (χ2v) is 8.33. The largest absolute Gasteiger partial charge is 0.103 e.